The molecule has 1 aromatic heterocycles. The average molecular weight is 285 g/mol. The van der Waals surface area contributed by atoms with E-state index in [1.807, 2.05) is 0 Å². The second kappa shape index (κ2) is 5.24. The van der Waals surface area contributed by atoms with E-state index < -0.39 is 5.69 Å². The van der Waals surface area contributed by atoms with Gasteiger partial charge in [-0.2, -0.15) is 4.98 Å². The lowest BCUT2D eigenvalue weighted by atomic mass is 10.2. The van der Waals surface area contributed by atoms with Crippen LogP contribution in [0.15, 0.2) is 53.3 Å². The van der Waals surface area contributed by atoms with Gasteiger partial charge in [0.05, 0.1) is 0 Å². The van der Waals surface area contributed by atoms with Crippen LogP contribution in [-0.4, -0.2) is 15.0 Å². The molecule has 0 saturated heterocycles. The smallest absolute Gasteiger partial charge is 0.290 e. The van der Waals surface area contributed by atoms with E-state index in [4.69, 9.17) is 0 Å². The third-order valence-electron chi connectivity index (χ3n) is 2.87. The average Bonchev–Trinajstić information content (AvgIpc) is 2.48. The Kier molecular flexibility index (Phi) is 3.27. The Morgan fingerprint density at radius 2 is 1.29 bits per heavy atom. The molecule has 0 atom stereocenters. The molecule has 0 unspecified atom stereocenters. The van der Waals surface area contributed by atoms with Gasteiger partial charge in [-0.25, -0.2) is 18.6 Å². The van der Waals surface area contributed by atoms with Gasteiger partial charge in [0, 0.05) is 11.1 Å². The molecule has 0 spiro atoms. The summed E-state index contributed by atoms with van der Waals surface area (Å²) < 4.78 is 25.8. The van der Waals surface area contributed by atoms with E-state index in [2.05, 4.69) is 15.0 Å². The number of H-pyrrole nitrogens is 1. The van der Waals surface area contributed by atoms with Crippen LogP contribution in [0.5, 0.6) is 0 Å². The van der Waals surface area contributed by atoms with Crippen LogP contribution >= 0.6 is 0 Å². The summed E-state index contributed by atoms with van der Waals surface area (Å²) in [6.07, 6.45) is 0. The zero-order chi connectivity index (χ0) is 14.8. The van der Waals surface area contributed by atoms with Gasteiger partial charge in [0.15, 0.2) is 5.82 Å². The zero-order valence-electron chi connectivity index (χ0n) is 10.7. The highest BCUT2D eigenvalue weighted by atomic mass is 19.1. The lowest BCUT2D eigenvalue weighted by Crippen LogP contribution is -2.14. The summed E-state index contributed by atoms with van der Waals surface area (Å²) in [5, 5.41) is 0. The van der Waals surface area contributed by atoms with Crippen LogP contribution in [0.4, 0.5) is 8.78 Å². The first-order valence-electron chi connectivity index (χ1n) is 6.12. The number of hydrogen-bond acceptors (Lipinski definition) is 3. The van der Waals surface area contributed by atoms with Gasteiger partial charge in [-0.3, -0.25) is 4.98 Å². The summed E-state index contributed by atoms with van der Waals surface area (Å²) in [5.41, 5.74) is 0.494. The van der Waals surface area contributed by atoms with Crippen molar-refractivity contribution in [2.45, 2.75) is 0 Å². The van der Waals surface area contributed by atoms with Crippen LogP contribution in [0.3, 0.4) is 0 Å². The van der Waals surface area contributed by atoms with E-state index in [-0.39, 0.29) is 23.3 Å². The van der Waals surface area contributed by atoms with E-state index in [0.29, 0.717) is 11.1 Å². The first-order valence-corrected chi connectivity index (χ1v) is 6.12. The highest BCUT2D eigenvalue weighted by Gasteiger charge is 2.08. The van der Waals surface area contributed by atoms with Gasteiger partial charge in [0.2, 0.25) is 0 Å². The van der Waals surface area contributed by atoms with Gasteiger partial charge >= 0.3 is 5.69 Å². The van der Waals surface area contributed by atoms with Crippen molar-refractivity contribution < 1.29 is 8.78 Å². The Balaban J connectivity index is 2.10. The molecule has 0 fully saturated rings. The molecule has 1 heterocycles. The van der Waals surface area contributed by atoms with Crippen molar-refractivity contribution in [1.29, 1.82) is 0 Å². The van der Waals surface area contributed by atoms with Crippen molar-refractivity contribution in [3.8, 4) is 22.8 Å². The highest BCUT2D eigenvalue weighted by molar-refractivity contribution is 5.60. The normalized spacial score (nSPS) is 10.6. The molecule has 0 aliphatic heterocycles. The number of rotatable bonds is 2. The Labute approximate surface area is 118 Å². The van der Waals surface area contributed by atoms with Gasteiger partial charge in [-0.05, 0) is 48.5 Å². The van der Waals surface area contributed by atoms with Crippen LogP contribution in [-0.2, 0) is 0 Å². The van der Waals surface area contributed by atoms with Crippen molar-refractivity contribution in [3.05, 3.63) is 70.6 Å². The first-order chi connectivity index (χ1) is 10.1. The van der Waals surface area contributed by atoms with E-state index >= 15 is 0 Å². The molecular formula is C15H9F2N3O. The van der Waals surface area contributed by atoms with Gasteiger partial charge in [0.25, 0.3) is 0 Å². The summed E-state index contributed by atoms with van der Waals surface area (Å²) in [4.78, 5) is 22.1. The van der Waals surface area contributed by atoms with Crippen molar-refractivity contribution in [3.63, 3.8) is 0 Å². The molecular weight excluding hydrogens is 276 g/mol. The molecule has 3 aromatic rings. The molecule has 2 aromatic carbocycles. The Morgan fingerprint density at radius 3 is 1.86 bits per heavy atom. The number of hydrogen-bond donors (Lipinski definition) is 1. The quantitative estimate of drug-likeness (QED) is 0.787. The number of aromatic amines is 1. The van der Waals surface area contributed by atoms with E-state index in [1.54, 1.807) is 0 Å². The lowest BCUT2D eigenvalue weighted by Gasteiger charge is -2.04. The van der Waals surface area contributed by atoms with Crippen LogP contribution in [0.2, 0.25) is 0 Å². The third-order valence-corrected chi connectivity index (χ3v) is 2.87. The van der Waals surface area contributed by atoms with Crippen LogP contribution in [0, 0.1) is 11.6 Å². The van der Waals surface area contributed by atoms with Crippen molar-refractivity contribution >= 4 is 0 Å². The SMILES string of the molecule is O=c1nc(-c2ccc(F)cc2)nc(-c2ccc(F)cc2)[nH]1. The minimum absolute atomic E-state index is 0.179. The molecule has 21 heavy (non-hydrogen) atoms. The number of nitrogens with zero attached hydrogens (tertiary/aromatic N) is 2. The minimum Gasteiger partial charge on any atom is -0.290 e. The molecule has 4 nitrogen and oxygen atoms in total. The Hall–Kier alpha value is -2.89. The fraction of sp³-hybridized carbons (Fsp3) is 0. The standard InChI is InChI=1S/C15H9F2N3O/c16-11-5-1-9(2-6-11)13-18-14(20-15(21)19-13)10-3-7-12(17)8-4-10/h1-8H,(H,18,19,20,21). The fourth-order valence-electron chi connectivity index (χ4n) is 1.86. The van der Waals surface area contributed by atoms with Gasteiger partial charge in [-0.15, -0.1) is 0 Å². The third kappa shape index (κ3) is 2.84. The summed E-state index contributed by atoms with van der Waals surface area (Å²) >= 11 is 0. The summed E-state index contributed by atoms with van der Waals surface area (Å²) in [6, 6.07) is 11.0. The van der Waals surface area contributed by atoms with Gasteiger partial charge < -0.3 is 0 Å². The van der Waals surface area contributed by atoms with Crippen molar-refractivity contribution in [2.24, 2.45) is 0 Å². The van der Waals surface area contributed by atoms with Gasteiger partial charge in [0.1, 0.15) is 17.5 Å². The summed E-state index contributed by atoms with van der Waals surface area (Å²) in [7, 11) is 0. The fourth-order valence-corrected chi connectivity index (χ4v) is 1.86. The number of benzene rings is 2. The topological polar surface area (TPSA) is 58.6 Å². The second-order valence-corrected chi connectivity index (χ2v) is 4.34. The molecule has 6 heteroatoms. The molecule has 0 saturated carbocycles. The number of halogens is 2. The first kappa shape index (κ1) is 13.1. The maximum Gasteiger partial charge on any atom is 0.348 e. The van der Waals surface area contributed by atoms with E-state index in [9.17, 15) is 13.6 Å². The number of nitrogens with one attached hydrogen (secondary N) is 1. The largest absolute Gasteiger partial charge is 0.348 e. The summed E-state index contributed by atoms with van der Waals surface area (Å²) in [5.74, 6) is -0.316. The molecule has 104 valence electrons. The zero-order valence-corrected chi connectivity index (χ0v) is 10.7. The molecule has 0 aliphatic carbocycles. The molecule has 0 amide bonds. The molecule has 0 bridgehead atoms. The van der Waals surface area contributed by atoms with Crippen molar-refractivity contribution in [2.75, 3.05) is 0 Å². The molecule has 3 rings (SSSR count). The molecule has 0 radical (unpaired) electrons. The minimum atomic E-state index is -0.580. The lowest BCUT2D eigenvalue weighted by molar-refractivity contribution is 0.627. The predicted molar refractivity (Wildman–Crippen MR) is 73.4 cm³/mol. The van der Waals surface area contributed by atoms with E-state index in [0.717, 1.165) is 0 Å². The molecule has 0 aliphatic rings. The monoisotopic (exact) mass is 285 g/mol. The Bertz CT molecular complexity index is 760. The van der Waals surface area contributed by atoms with E-state index in [1.165, 1.54) is 48.5 Å². The van der Waals surface area contributed by atoms with Crippen LogP contribution in [0.25, 0.3) is 22.8 Å². The molecule has 1 N–H and O–H groups in total. The van der Waals surface area contributed by atoms with Crippen molar-refractivity contribution in [1.82, 2.24) is 15.0 Å². The maximum absolute atomic E-state index is 12.9. The van der Waals surface area contributed by atoms with Crippen LogP contribution in [0.1, 0.15) is 0 Å². The van der Waals surface area contributed by atoms with Gasteiger partial charge in [-0.1, -0.05) is 0 Å². The maximum atomic E-state index is 12.9. The summed E-state index contributed by atoms with van der Waals surface area (Å²) in [6.45, 7) is 0. The second-order valence-electron chi connectivity index (χ2n) is 4.34. The number of aromatic nitrogens is 3. The Morgan fingerprint density at radius 1 is 0.762 bits per heavy atom. The van der Waals surface area contributed by atoms with Crippen LogP contribution < -0.4 is 5.69 Å². The predicted octanol–water partition coefficient (Wildman–Crippen LogP) is 2.78. The highest BCUT2D eigenvalue weighted by Crippen LogP contribution is 2.18.